The van der Waals surface area contributed by atoms with Gasteiger partial charge in [0.1, 0.15) is 0 Å². The summed E-state index contributed by atoms with van der Waals surface area (Å²) in [6.45, 7) is 2.35. The minimum atomic E-state index is 0.435. The van der Waals surface area contributed by atoms with Gasteiger partial charge < -0.3 is 15.6 Å². The van der Waals surface area contributed by atoms with E-state index in [-0.39, 0.29) is 0 Å². The van der Waals surface area contributed by atoms with Gasteiger partial charge in [-0.25, -0.2) is 0 Å². The standard InChI is InChI=1S/C11H11Cl2N3O/c1-6-2-7(17-16-6)5-15-11-4-9(13)8(12)3-10(11)14/h2-4,15H,5,14H2,1H3. The zero-order valence-corrected chi connectivity index (χ0v) is 10.6. The maximum absolute atomic E-state index is 5.91. The van der Waals surface area contributed by atoms with Crippen LogP contribution in [0.3, 0.4) is 0 Å². The van der Waals surface area contributed by atoms with Crippen molar-refractivity contribution in [3.05, 3.63) is 39.7 Å². The largest absolute Gasteiger partial charge is 0.397 e. The molecule has 0 aliphatic rings. The molecule has 90 valence electrons. The van der Waals surface area contributed by atoms with Crippen molar-refractivity contribution in [2.45, 2.75) is 13.5 Å². The molecule has 0 aliphatic carbocycles. The highest BCUT2D eigenvalue weighted by atomic mass is 35.5. The fraction of sp³-hybridized carbons (Fsp3) is 0.182. The Morgan fingerprint density at radius 3 is 2.65 bits per heavy atom. The van der Waals surface area contributed by atoms with Crippen molar-refractivity contribution in [2.24, 2.45) is 0 Å². The van der Waals surface area contributed by atoms with E-state index in [9.17, 15) is 0 Å². The number of halogens is 2. The van der Waals surface area contributed by atoms with Gasteiger partial charge in [-0.2, -0.15) is 0 Å². The van der Waals surface area contributed by atoms with Crippen LogP contribution in [0.4, 0.5) is 11.4 Å². The highest BCUT2D eigenvalue weighted by molar-refractivity contribution is 6.42. The molecule has 0 saturated heterocycles. The first-order chi connectivity index (χ1) is 8.06. The van der Waals surface area contributed by atoms with E-state index in [1.165, 1.54) is 0 Å². The van der Waals surface area contributed by atoms with Crippen molar-refractivity contribution in [1.82, 2.24) is 5.16 Å². The number of nitrogens with one attached hydrogen (secondary N) is 1. The molecule has 0 spiro atoms. The predicted molar refractivity (Wildman–Crippen MR) is 69.4 cm³/mol. The number of hydrogen-bond donors (Lipinski definition) is 2. The van der Waals surface area contributed by atoms with E-state index >= 15 is 0 Å². The molecule has 1 aromatic carbocycles. The van der Waals surface area contributed by atoms with Crippen LogP contribution in [0.1, 0.15) is 11.5 Å². The smallest absolute Gasteiger partial charge is 0.156 e. The predicted octanol–water partition coefficient (Wildman–Crippen LogP) is 3.48. The van der Waals surface area contributed by atoms with Gasteiger partial charge in [0.15, 0.2) is 5.76 Å². The third kappa shape index (κ3) is 2.84. The molecule has 3 N–H and O–H groups in total. The highest BCUT2D eigenvalue weighted by Gasteiger charge is 2.06. The highest BCUT2D eigenvalue weighted by Crippen LogP contribution is 2.30. The van der Waals surface area contributed by atoms with Gasteiger partial charge in [-0.15, -0.1) is 0 Å². The molecule has 0 bridgehead atoms. The number of rotatable bonds is 3. The van der Waals surface area contributed by atoms with Crippen LogP contribution >= 0.6 is 23.2 Å². The molecule has 0 atom stereocenters. The van der Waals surface area contributed by atoms with Gasteiger partial charge in [0, 0.05) is 6.07 Å². The molecule has 0 radical (unpaired) electrons. The Morgan fingerprint density at radius 2 is 2.00 bits per heavy atom. The summed E-state index contributed by atoms with van der Waals surface area (Å²) in [5.41, 5.74) is 7.90. The van der Waals surface area contributed by atoms with Crippen LogP contribution in [0.25, 0.3) is 0 Å². The molecule has 0 amide bonds. The number of aromatic nitrogens is 1. The number of anilines is 2. The van der Waals surface area contributed by atoms with Gasteiger partial charge in [-0.3, -0.25) is 0 Å². The van der Waals surface area contributed by atoms with Gasteiger partial charge in [0.05, 0.1) is 33.7 Å². The molecule has 2 rings (SSSR count). The first-order valence-corrected chi connectivity index (χ1v) is 5.72. The molecule has 2 aromatic rings. The van der Waals surface area contributed by atoms with Gasteiger partial charge in [0.2, 0.25) is 0 Å². The number of nitrogens with two attached hydrogens (primary N) is 1. The average Bonchev–Trinajstić information content (AvgIpc) is 2.68. The van der Waals surface area contributed by atoms with Crippen LogP contribution in [0.15, 0.2) is 22.7 Å². The Labute approximate surface area is 109 Å². The lowest BCUT2D eigenvalue weighted by Crippen LogP contribution is -2.01. The third-order valence-electron chi connectivity index (χ3n) is 2.22. The minimum Gasteiger partial charge on any atom is -0.397 e. The summed E-state index contributed by atoms with van der Waals surface area (Å²) in [5.74, 6) is 0.730. The average molecular weight is 272 g/mol. The van der Waals surface area contributed by atoms with Crippen LogP contribution in [0.2, 0.25) is 10.0 Å². The lowest BCUT2D eigenvalue weighted by molar-refractivity contribution is 0.384. The fourth-order valence-electron chi connectivity index (χ4n) is 1.40. The topological polar surface area (TPSA) is 64.1 Å². The van der Waals surface area contributed by atoms with Crippen molar-refractivity contribution in [1.29, 1.82) is 0 Å². The molecular weight excluding hydrogens is 261 g/mol. The van der Waals surface area contributed by atoms with Gasteiger partial charge in [-0.1, -0.05) is 28.4 Å². The zero-order valence-electron chi connectivity index (χ0n) is 9.13. The second kappa shape index (κ2) is 4.85. The first-order valence-electron chi connectivity index (χ1n) is 4.97. The summed E-state index contributed by atoms with van der Waals surface area (Å²) >= 11 is 11.7. The summed E-state index contributed by atoms with van der Waals surface area (Å²) < 4.78 is 5.07. The van der Waals surface area contributed by atoms with Crippen molar-refractivity contribution in [3.8, 4) is 0 Å². The Morgan fingerprint density at radius 1 is 1.29 bits per heavy atom. The maximum Gasteiger partial charge on any atom is 0.156 e. The number of nitrogens with zero attached hydrogens (tertiary/aromatic N) is 1. The van der Waals surface area contributed by atoms with Crippen LogP contribution in [-0.2, 0) is 6.54 Å². The van der Waals surface area contributed by atoms with Gasteiger partial charge in [0.25, 0.3) is 0 Å². The van der Waals surface area contributed by atoms with Crippen molar-refractivity contribution >= 4 is 34.6 Å². The van der Waals surface area contributed by atoms with E-state index in [4.69, 9.17) is 33.5 Å². The molecule has 0 unspecified atom stereocenters. The zero-order chi connectivity index (χ0) is 12.4. The molecule has 0 fully saturated rings. The molecule has 6 heteroatoms. The Kier molecular flexibility index (Phi) is 3.45. The summed E-state index contributed by atoms with van der Waals surface area (Å²) in [6, 6.07) is 5.14. The summed E-state index contributed by atoms with van der Waals surface area (Å²) in [5, 5.41) is 7.79. The molecule has 4 nitrogen and oxygen atoms in total. The van der Waals surface area contributed by atoms with Crippen LogP contribution in [0, 0.1) is 6.92 Å². The fourth-order valence-corrected chi connectivity index (χ4v) is 1.73. The molecule has 1 aromatic heterocycles. The third-order valence-corrected chi connectivity index (χ3v) is 2.94. The Bertz CT molecular complexity index is 540. The minimum absolute atomic E-state index is 0.435. The Hall–Kier alpha value is -1.39. The summed E-state index contributed by atoms with van der Waals surface area (Å²) in [7, 11) is 0. The van der Waals surface area contributed by atoms with E-state index in [0.717, 1.165) is 11.5 Å². The first kappa shape index (κ1) is 12.1. The van der Waals surface area contributed by atoms with Gasteiger partial charge >= 0.3 is 0 Å². The summed E-state index contributed by atoms with van der Waals surface area (Å²) in [4.78, 5) is 0. The van der Waals surface area contributed by atoms with E-state index in [1.54, 1.807) is 12.1 Å². The van der Waals surface area contributed by atoms with Crippen LogP contribution in [-0.4, -0.2) is 5.16 Å². The maximum atomic E-state index is 5.91. The second-order valence-corrected chi connectivity index (χ2v) is 4.46. The van der Waals surface area contributed by atoms with Crippen molar-refractivity contribution < 1.29 is 4.52 Å². The number of hydrogen-bond acceptors (Lipinski definition) is 4. The SMILES string of the molecule is Cc1cc(CNc2cc(Cl)c(Cl)cc2N)on1. The summed E-state index contributed by atoms with van der Waals surface area (Å²) in [6.07, 6.45) is 0. The second-order valence-electron chi connectivity index (χ2n) is 3.64. The molecule has 1 heterocycles. The van der Waals surface area contributed by atoms with E-state index in [1.807, 2.05) is 13.0 Å². The molecule has 0 saturated carbocycles. The van der Waals surface area contributed by atoms with E-state index in [0.29, 0.717) is 28.0 Å². The van der Waals surface area contributed by atoms with Gasteiger partial charge in [-0.05, 0) is 19.1 Å². The Balaban J connectivity index is 2.11. The molecular formula is C11H11Cl2N3O. The number of benzene rings is 1. The lowest BCUT2D eigenvalue weighted by Gasteiger charge is -2.09. The van der Waals surface area contributed by atoms with Crippen molar-refractivity contribution in [3.63, 3.8) is 0 Å². The normalized spacial score (nSPS) is 10.5. The van der Waals surface area contributed by atoms with Crippen molar-refractivity contribution in [2.75, 3.05) is 11.1 Å². The van der Waals surface area contributed by atoms with E-state index < -0.39 is 0 Å². The monoisotopic (exact) mass is 271 g/mol. The van der Waals surface area contributed by atoms with E-state index in [2.05, 4.69) is 10.5 Å². The molecule has 0 aliphatic heterocycles. The lowest BCUT2D eigenvalue weighted by atomic mass is 10.2. The number of aryl methyl sites for hydroxylation is 1. The van der Waals surface area contributed by atoms with Crippen LogP contribution in [0.5, 0.6) is 0 Å². The quantitative estimate of drug-likeness (QED) is 0.839. The van der Waals surface area contributed by atoms with Crippen LogP contribution < -0.4 is 11.1 Å². The number of nitrogen functional groups attached to an aromatic ring is 1. The molecule has 17 heavy (non-hydrogen) atoms.